The Kier molecular flexibility index (Phi) is 5.21. The molecule has 1 aliphatic heterocycles. The first-order chi connectivity index (χ1) is 7.92. The van der Waals surface area contributed by atoms with Crippen molar-refractivity contribution in [3.63, 3.8) is 0 Å². The Labute approximate surface area is 104 Å². The maximum atomic E-state index is 11.9. The minimum absolute atomic E-state index is 0.196. The molecule has 0 aromatic carbocycles. The summed E-state index contributed by atoms with van der Waals surface area (Å²) in [7, 11) is 0. The standard InChI is InChI=1S/C12H25N3O2/c1-12(2,3)17-11(16)15-7-4-5-10(6-8-15)9-14-13/h10,14H,4-9,13H2,1-3H3. The fourth-order valence-electron chi connectivity index (χ4n) is 2.05. The Morgan fingerprint density at radius 1 is 1.41 bits per heavy atom. The van der Waals surface area contributed by atoms with Gasteiger partial charge in [-0.2, -0.15) is 0 Å². The van der Waals surface area contributed by atoms with E-state index in [0.717, 1.165) is 38.9 Å². The number of carbonyl (C=O) groups is 1. The zero-order valence-electron chi connectivity index (χ0n) is 11.2. The third kappa shape index (κ3) is 5.37. The first-order valence-corrected chi connectivity index (χ1v) is 6.34. The highest BCUT2D eigenvalue weighted by Gasteiger charge is 2.24. The highest BCUT2D eigenvalue weighted by Crippen LogP contribution is 2.18. The molecule has 1 heterocycles. The lowest BCUT2D eigenvalue weighted by molar-refractivity contribution is 0.0255. The van der Waals surface area contributed by atoms with Crippen LogP contribution in [0.15, 0.2) is 0 Å². The summed E-state index contributed by atoms with van der Waals surface area (Å²) in [6.45, 7) is 8.05. The normalized spacial score (nSPS) is 22.1. The first kappa shape index (κ1) is 14.3. The number of hydrogen-bond acceptors (Lipinski definition) is 4. The van der Waals surface area contributed by atoms with Crippen LogP contribution in [0.4, 0.5) is 4.79 Å². The van der Waals surface area contributed by atoms with E-state index in [-0.39, 0.29) is 6.09 Å². The second-order valence-corrected chi connectivity index (χ2v) is 5.67. The number of carbonyl (C=O) groups excluding carboxylic acids is 1. The number of ether oxygens (including phenoxy) is 1. The van der Waals surface area contributed by atoms with E-state index in [4.69, 9.17) is 10.6 Å². The van der Waals surface area contributed by atoms with Gasteiger partial charge in [0.25, 0.3) is 0 Å². The Morgan fingerprint density at radius 3 is 2.71 bits per heavy atom. The number of nitrogens with two attached hydrogens (primary N) is 1. The van der Waals surface area contributed by atoms with Gasteiger partial charge in [-0.15, -0.1) is 0 Å². The number of hydrogen-bond donors (Lipinski definition) is 2. The van der Waals surface area contributed by atoms with Crippen LogP contribution < -0.4 is 11.3 Å². The lowest BCUT2D eigenvalue weighted by atomic mass is 10.0. The van der Waals surface area contributed by atoms with E-state index >= 15 is 0 Å². The van der Waals surface area contributed by atoms with Crippen molar-refractivity contribution in [1.29, 1.82) is 0 Å². The molecule has 0 aromatic heterocycles. The van der Waals surface area contributed by atoms with Gasteiger partial charge in [-0.05, 0) is 46.0 Å². The second-order valence-electron chi connectivity index (χ2n) is 5.67. The molecule has 0 saturated carbocycles. The molecular formula is C12H25N3O2. The molecule has 0 aliphatic carbocycles. The number of nitrogens with zero attached hydrogens (tertiary/aromatic N) is 1. The minimum atomic E-state index is -0.415. The summed E-state index contributed by atoms with van der Waals surface area (Å²) in [5.74, 6) is 5.90. The largest absolute Gasteiger partial charge is 0.444 e. The molecule has 1 saturated heterocycles. The molecule has 1 amide bonds. The number of likely N-dealkylation sites (tertiary alicyclic amines) is 1. The summed E-state index contributed by atoms with van der Waals surface area (Å²) in [5.41, 5.74) is 2.30. The maximum Gasteiger partial charge on any atom is 0.410 e. The van der Waals surface area contributed by atoms with Gasteiger partial charge in [0, 0.05) is 19.6 Å². The zero-order chi connectivity index (χ0) is 12.9. The Bertz CT molecular complexity index is 251. The average molecular weight is 243 g/mol. The van der Waals surface area contributed by atoms with E-state index < -0.39 is 5.60 Å². The highest BCUT2D eigenvalue weighted by atomic mass is 16.6. The predicted octanol–water partition coefficient (Wildman–Crippen LogP) is 1.49. The van der Waals surface area contributed by atoms with Gasteiger partial charge in [-0.3, -0.25) is 11.3 Å². The van der Waals surface area contributed by atoms with Gasteiger partial charge in [-0.1, -0.05) is 0 Å². The van der Waals surface area contributed by atoms with Crippen LogP contribution in [0.2, 0.25) is 0 Å². The second kappa shape index (κ2) is 6.21. The third-order valence-corrected chi connectivity index (χ3v) is 2.91. The van der Waals surface area contributed by atoms with Crippen molar-refractivity contribution >= 4 is 6.09 Å². The molecule has 0 aromatic rings. The number of amides is 1. The van der Waals surface area contributed by atoms with Crippen LogP contribution in [0.1, 0.15) is 40.0 Å². The van der Waals surface area contributed by atoms with Crippen LogP contribution in [-0.4, -0.2) is 36.2 Å². The van der Waals surface area contributed by atoms with Gasteiger partial charge in [0.2, 0.25) is 0 Å². The minimum Gasteiger partial charge on any atom is -0.444 e. The molecule has 0 spiro atoms. The Hall–Kier alpha value is -0.810. The van der Waals surface area contributed by atoms with Crippen LogP contribution in [0.5, 0.6) is 0 Å². The predicted molar refractivity (Wildman–Crippen MR) is 67.3 cm³/mol. The van der Waals surface area contributed by atoms with E-state index in [1.807, 2.05) is 25.7 Å². The van der Waals surface area contributed by atoms with Crippen molar-refractivity contribution in [3.8, 4) is 0 Å². The first-order valence-electron chi connectivity index (χ1n) is 6.34. The molecule has 0 bridgehead atoms. The molecular weight excluding hydrogens is 218 g/mol. The van der Waals surface area contributed by atoms with Crippen molar-refractivity contribution in [2.24, 2.45) is 11.8 Å². The summed E-state index contributed by atoms with van der Waals surface area (Å²) in [6, 6.07) is 0. The van der Waals surface area contributed by atoms with Crippen molar-refractivity contribution < 1.29 is 9.53 Å². The van der Waals surface area contributed by atoms with Crippen LogP contribution >= 0.6 is 0 Å². The monoisotopic (exact) mass is 243 g/mol. The van der Waals surface area contributed by atoms with Crippen LogP contribution in [0.3, 0.4) is 0 Å². The fourth-order valence-corrected chi connectivity index (χ4v) is 2.05. The van der Waals surface area contributed by atoms with Crippen molar-refractivity contribution in [2.75, 3.05) is 19.6 Å². The van der Waals surface area contributed by atoms with E-state index in [0.29, 0.717) is 5.92 Å². The van der Waals surface area contributed by atoms with E-state index in [2.05, 4.69) is 5.43 Å². The van der Waals surface area contributed by atoms with Crippen molar-refractivity contribution in [1.82, 2.24) is 10.3 Å². The Morgan fingerprint density at radius 2 is 2.12 bits per heavy atom. The molecule has 1 rings (SSSR count). The van der Waals surface area contributed by atoms with Crippen molar-refractivity contribution in [2.45, 2.75) is 45.6 Å². The quantitative estimate of drug-likeness (QED) is 0.569. The van der Waals surface area contributed by atoms with Gasteiger partial charge < -0.3 is 9.64 Å². The van der Waals surface area contributed by atoms with Gasteiger partial charge >= 0.3 is 6.09 Å². The molecule has 5 nitrogen and oxygen atoms in total. The van der Waals surface area contributed by atoms with Gasteiger partial charge in [0.15, 0.2) is 0 Å². The van der Waals surface area contributed by atoms with E-state index in [1.165, 1.54) is 0 Å². The lowest BCUT2D eigenvalue weighted by Crippen LogP contribution is -2.37. The summed E-state index contributed by atoms with van der Waals surface area (Å²) < 4.78 is 5.37. The molecule has 1 fully saturated rings. The SMILES string of the molecule is CC(C)(C)OC(=O)N1CCCC(CNN)CC1. The third-order valence-electron chi connectivity index (χ3n) is 2.91. The lowest BCUT2D eigenvalue weighted by Gasteiger charge is -2.26. The maximum absolute atomic E-state index is 11.9. The Balaban J connectivity index is 2.43. The van der Waals surface area contributed by atoms with Crippen molar-refractivity contribution in [3.05, 3.63) is 0 Å². The summed E-state index contributed by atoms with van der Waals surface area (Å²) in [4.78, 5) is 13.7. The van der Waals surface area contributed by atoms with Gasteiger partial charge in [0.1, 0.15) is 5.60 Å². The van der Waals surface area contributed by atoms with E-state index in [1.54, 1.807) is 0 Å². The fraction of sp³-hybridized carbons (Fsp3) is 0.917. The summed E-state index contributed by atoms with van der Waals surface area (Å²) in [5, 5.41) is 0. The number of hydrazine groups is 1. The highest BCUT2D eigenvalue weighted by molar-refractivity contribution is 5.68. The topological polar surface area (TPSA) is 67.6 Å². The summed E-state index contributed by atoms with van der Waals surface area (Å²) >= 11 is 0. The molecule has 1 aliphatic rings. The van der Waals surface area contributed by atoms with E-state index in [9.17, 15) is 4.79 Å². The smallest absolute Gasteiger partial charge is 0.410 e. The molecule has 0 radical (unpaired) electrons. The molecule has 3 N–H and O–H groups in total. The summed E-state index contributed by atoms with van der Waals surface area (Å²) in [6.07, 6.45) is 2.93. The van der Waals surface area contributed by atoms with Crippen LogP contribution in [0, 0.1) is 5.92 Å². The number of nitrogens with one attached hydrogen (secondary N) is 1. The molecule has 1 unspecified atom stereocenters. The van der Waals surface area contributed by atoms with Gasteiger partial charge in [0.05, 0.1) is 0 Å². The molecule has 5 heteroatoms. The molecule has 100 valence electrons. The molecule has 1 atom stereocenters. The average Bonchev–Trinajstić information content (AvgIpc) is 2.41. The zero-order valence-corrected chi connectivity index (χ0v) is 11.2. The van der Waals surface area contributed by atoms with Crippen LogP contribution in [0.25, 0.3) is 0 Å². The van der Waals surface area contributed by atoms with Crippen LogP contribution in [-0.2, 0) is 4.74 Å². The number of rotatable bonds is 2. The van der Waals surface area contributed by atoms with Gasteiger partial charge in [-0.25, -0.2) is 4.79 Å². The molecule has 17 heavy (non-hydrogen) atoms.